The number of aryl methyl sites for hydroxylation is 4. The van der Waals surface area contributed by atoms with E-state index in [0.717, 1.165) is 12.8 Å². The number of nitrogens with zero attached hydrogens (tertiary/aromatic N) is 1. The Hall–Kier alpha value is -1.28. The molecule has 16 heavy (non-hydrogen) atoms. The molecule has 0 saturated heterocycles. The molecule has 2 aromatic rings. The van der Waals surface area contributed by atoms with E-state index in [1.807, 2.05) is 0 Å². The van der Waals surface area contributed by atoms with Crippen LogP contribution in [0.4, 0.5) is 0 Å². The minimum atomic E-state index is 0.265. The lowest BCUT2D eigenvalue weighted by molar-refractivity contribution is 0.288. The maximum Gasteiger partial charge on any atom is 0.0510 e. The van der Waals surface area contributed by atoms with Crippen molar-refractivity contribution in [2.75, 3.05) is 6.61 Å². The molecule has 86 valence electrons. The summed E-state index contributed by atoms with van der Waals surface area (Å²) < 4.78 is 2.19. The Kier molecular flexibility index (Phi) is 3.01. The Balaban J connectivity index is 2.59. The van der Waals surface area contributed by atoms with E-state index >= 15 is 0 Å². The Morgan fingerprint density at radius 1 is 1.25 bits per heavy atom. The fourth-order valence-electron chi connectivity index (χ4n) is 2.51. The molecule has 1 aromatic carbocycles. The van der Waals surface area contributed by atoms with Crippen molar-refractivity contribution >= 4 is 10.9 Å². The molecule has 0 amide bonds. The van der Waals surface area contributed by atoms with Crippen molar-refractivity contribution in [2.24, 2.45) is 7.05 Å². The predicted molar refractivity (Wildman–Crippen MR) is 67.8 cm³/mol. The maximum atomic E-state index is 8.91. The molecule has 0 radical (unpaired) electrons. The highest BCUT2D eigenvalue weighted by Crippen LogP contribution is 2.26. The lowest BCUT2D eigenvalue weighted by Crippen LogP contribution is -1.88. The van der Waals surface area contributed by atoms with E-state index in [4.69, 9.17) is 5.11 Å². The van der Waals surface area contributed by atoms with Crippen LogP contribution in [-0.2, 0) is 13.5 Å². The number of hydrogen-bond donors (Lipinski definition) is 1. The second-order valence-electron chi connectivity index (χ2n) is 4.57. The quantitative estimate of drug-likeness (QED) is 0.840. The van der Waals surface area contributed by atoms with Gasteiger partial charge < -0.3 is 9.67 Å². The van der Waals surface area contributed by atoms with Crippen LogP contribution in [0.25, 0.3) is 10.9 Å². The van der Waals surface area contributed by atoms with Gasteiger partial charge in [0.2, 0.25) is 0 Å². The Bertz CT molecular complexity index is 511. The number of benzene rings is 1. The SMILES string of the molecule is Cc1cc(C)c2c(c1)c(CCCO)cn2C. The van der Waals surface area contributed by atoms with Crippen molar-refractivity contribution in [2.45, 2.75) is 26.7 Å². The van der Waals surface area contributed by atoms with Crippen LogP contribution in [0.2, 0.25) is 0 Å². The fourth-order valence-corrected chi connectivity index (χ4v) is 2.51. The number of rotatable bonds is 3. The lowest BCUT2D eigenvalue weighted by Gasteiger charge is -2.03. The van der Waals surface area contributed by atoms with Crippen molar-refractivity contribution in [3.63, 3.8) is 0 Å². The van der Waals surface area contributed by atoms with Gasteiger partial charge in [-0.25, -0.2) is 0 Å². The summed E-state index contributed by atoms with van der Waals surface area (Å²) in [6.45, 7) is 4.56. The molecule has 0 unspecified atom stereocenters. The minimum Gasteiger partial charge on any atom is -0.396 e. The van der Waals surface area contributed by atoms with Crippen molar-refractivity contribution in [1.82, 2.24) is 4.57 Å². The normalized spacial score (nSPS) is 11.2. The first-order chi connectivity index (χ1) is 7.63. The van der Waals surface area contributed by atoms with Gasteiger partial charge in [-0.2, -0.15) is 0 Å². The molecule has 0 bridgehead atoms. The van der Waals surface area contributed by atoms with Gasteiger partial charge in [-0.05, 0) is 43.9 Å². The monoisotopic (exact) mass is 217 g/mol. The standard InChI is InChI=1S/C14H19NO/c1-10-7-11(2)14-13(8-10)12(5-4-6-16)9-15(14)3/h7-9,16H,4-6H2,1-3H3. The van der Waals surface area contributed by atoms with Crippen molar-refractivity contribution in [3.8, 4) is 0 Å². The molecule has 0 aliphatic carbocycles. The lowest BCUT2D eigenvalue weighted by atomic mass is 10.0. The fraction of sp³-hybridized carbons (Fsp3) is 0.429. The molecular weight excluding hydrogens is 198 g/mol. The van der Waals surface area contributed by atoms with Gasteiger partial charge in [0, 0.05) is 25.2 Å². The number of aromatic nitrogens is 1. The van der Waals surface area contributed by atoms with Crippen molar-refractivity contribution in [3.05, 3.63) is 35.0 Å². The summed E-state index contributed by atoms with van der Waals surface area (Å²) in [6.07, 6.45) is 3.98. The molecule has 2 heteroatoms. The molecule has 0 fully saturated rings. The molecule has 0 aliphatic rings. The zero-order valence-electron chi connectivity index (χ0n) is 10.2. The average molecular weight is 217 g/mol. The Morgan fingerprint density at radius 2 is 2.00 bits per heavy atom. The van der Waals surface area contributed by atoms with Crippen LogP contribution >= 0.6 is 0 Å². The largest absolute Gasteiger partial charge is 0.396 e. The third-order valence-electron chi connectivity index (χ3n) is 3.10. The van der Waals surface area contributed by atoms with E-state index in [-0.39, 0.29) is 6.61 Å². The molecule has 0 saturated carbocycles. The summed E-state index contributed by atoms with van der Waals surface area (Å²) in [5.74, 6) is 0. The van der Waals surface area contributed by atoms with Crippen LogP contribution < -0.4 is 0 Å². The van der Waals surface area contributed by atoms with Gasteiger partial charge in [-0.3, -0.25) is 0 Å². The number of hydrogen-bond acceptors (Lipinski definition) is 1. The van der Waals surface area contributed by atoms with E-state index in [0.29, 0.717) is 0 Å². The van der Waals surface area contributed by atoms with Crippen molar-refractivity contribution < 1.29 is 5.11 Å². The minimum absolute atomic E-state index is 0.265. The van der Waals surface area contributed by atoms with Gasteiger partial charge >= 0.3 is 0 Å². The second-order valence-corrected chi connectivity index (χ2v) is 4.57. The van der Waals surface area contributed by atoms with Crippen LogP contribution in [0.5, 0.6) is 0 Å². The summed E-state index contributed by atoms with van der Waals surface area (Å²) >= 11 is 0. The van der Waals surface area contributed by atoms with E-state index in [1.165, 1.54) is 27.6 Å². The Morgan fingerprint density at radius 3 is 2.69 bits per heavy atom. The van der Waals surface area contributed by atoms with E-state index in [1.54, 1.807) is 0 Å². The maximum absolute atomic E-state index is 8.91. The molecule has 1 aromatic heterocycles. The molecule has 1 N–H and O–H groups in total. The van der Waals surface area contributed by atoms with E-state index < -0.39 is 0 Å². The predicted octanol–water partition coefficient (Wildman–Crippen LogP) is 2.72. The summed E-state index contributed by atoms with van der Waals surface area (Å²) in [7, 11) is 2.09. The van der Waals surface area contributed by atoms with Crippen LogP contribution in [0.1, 0.15) is 23.1 Å². The molecular formula is C14H19NO. The zero-order chi connectivity index (χ0) is 11.7. The molecule has 0 spiro atoms. The van der Waals surface area contributed by atoms with E-state index in [9.17, 15) is 0 Å². The molecule has 1 heterocycles. The molecule has 2 rings (SSSR count). The summed E-state index contributed by atoms with van der Waals surface area (Å²) in [5.41, 5.74) is 5.30. The summed E-state index contributed by atoms with van der Waals surface area (Å²) in [4.78, 5) is 0. The van der Waals surface area contributed by atoms with Gasteiger partial charge in [0.1, 0.15) is 0 Å². The van der Waals surface area contributed by atoms with Gasteiger partial charge in [0.05, 0.1) is 5.52 Å². The summed E-state index contributed by atoms with van der Waals surface area (Å²) in [6, 6.07) is 4.47. The summed E-state index contributed by atoms with van der Waals surface area (Å²) in [5, 5.41) is 10.2. The highest BCUT2D eigenvalue weighted by molar-refractivity contribution is 5.87. The van der Waals surface area contributed by atoms with Gasteiger partial charge in [-0.15, -0.1) is 0 Å². The second kappa shape index (κ2) is 4.30. The van der Waals surface area contributed by atoms with Crippen LogP contribution in [-0.4, -0.2) is 16.3 Å². The molecule has 2 nitrogen and oxygen atoms in total. The highest BCUT2D eigenvalue weighted by atomic mass is 16.2. The molecule has 0 atom stereocenters. The van der Waals surface area contributed by atoms with Crippen LogP contribution in [0.15, 0.2) is 18.3 Å². The number of aliphatic hydroxyl groups excluding tert-OH is 1. The third-order valence-corrected chi connectivity index (χ3v) is 3.10. The zero-order valence-corrected chi connectivity index (χ0v) is 10.2. The first-order valence-corrected chi connectivity index (χ1v) is 5.79. The number of aliphatic hydroxyl groups is 1. The highest BCUT2D eigenvalue weighted by Gasteiger charge is 2.08. The van der Waals surface area contributed by atoms with Crippen LogP contribution in [0.3, 0.4) is 0 Å². The van der Waals surface area contributed by atoms with Gasteiger partial charge in [-0.1, -0.05) is 11.6 Å². The smallest absolute Gasteiger partial charge is 0.0510 e. The first kappa shape index (κ1) is 11.2. The van der Waals surface area contributed by atoms with Crippen molar-refractivity contribution in [1.29, 1.82) is 0 Å². The first-order valence-electron chi connectivity index (χ1n) is 5.79. The van der Waals surface area contributed by atoms with E-state index in [2.05, 4.69) is 43.8 Å². The topological polar surface area (TPSA) is 25.2 Å². The van der Waals surface area contributed by atoms with Crippen LogP contribution in [0, 0.1) is 13.8 Å². The third kappa shape index (κ3) is 1.85. The van der Waals surface area contributed by atoms with Gasteiger partial charge in [0.15, 0.2) is 0 Å². The number of fused-ring (bicyclic) bond motifs is 1. The van der Waals surface area contributed by atoms with Gasteiger partial charge in [0.25, 0.3) is 0 Å². The Labute approximate surface area is 96.5 Å². The average Bonchev–Trinajstić information content (AvgIpc) is 2.52. The molecule has 0 aliphatic heterocycles.